The Morgan fingerprint density at radius 3 is 2.68 bits per heavy atom. The first kappa shape index (κ1) is 19.5. The van der Waals surface area contributed by atoms with Crippen LogP contribution >= 0.6 is 0 Å². The second kappa shape index (κ2) is 7.66. The van der Waals surface area contributed by atoms with Gasteiger partial charge in [-0.05, 0) is 19.1 Å². The highest BCUT2D eigenvalue weighted by Crippen LogP contribution is 2.40. The lowest BCUT2D eigenvalue weighted by atomic mass is 9.88. The number of rotatable bonds is 3. The standard InChI is InChI=1S/C22H23N5O4/c1-15-13-17(25-31-15)20(29)26-10-7-22(8-11-26)21-23-9-12-27(21)14-18(30-22)19(28)24-16-5-3-2-4-6-16/h2-6,9,12-13,18H,7-8,10-11,14H2,1H3,(H,24,28)/t18-/m1/s1. The van der Waals surface area contributed by atoms with Crippen molar-refractivity contribution in [1.29, 1.82) is 0 Å². The molecule has 2 aliphatic rings. The first-order chi connectivity index (χ1) is 15.0. The number of carbonyl (C=O) groups excluding carboxylic acids is 2. The molecule has 9 heteroatoms. The van der Waals surface area contributed by atoms with Crippen molar-refractivity contribution in [3.05, 3.63) is 66.1 Å². The number of amides is 2. The van der Waals surface area contributed by atoms with Crippen LogP contribution in [0.4, 0.5) is 5.69 Å². The van der Waals surface area contributed by atoms with E-state index in [9.17, 15) is 9.59 Å². The van der Waals surface area contributed by atoms with Gasteiger partial charge in [0, 0.05) is 50.1 Å². The summed E-state index contributed by atoms with van der Waals surface area (Å²) in [5.41, 5.74) is 0.321. The molecule has 2 aliphatic heterocycles. The number of anilines is 1. The number of fused-ring (bicyclic) bond motifs is 2. The lowest BCUT2D eigenvalue weighted by Gasteiger charge is -2.45. The molecule has 2 amide bonds. The smallest absolute Gasteiger partial charge is 0.276 e. The van der Waals surface area contributed by atoms with Crippen molar-refractivity contribution in [2.45, 2.75) is 38.0 Å². The second-order valence-corrected chi connectivity index (χ2v) is 7.97. The normalized spacial score (nSPS) is 19.8. The Kier molecular flexibility index (Phi) is 4.82. The van der Waals surface area contributed by atoms with Crippen LogP contribution < -0.4 is 5.32 Å². The molecule has 0 radical (unpaired) electrons. The van der Waals surface area contributed by atoms with Crippen molar-refractivity contribution in [3.8, 4) is 0 Å². The van der Waals surface area contributed by atoms with Gasteiger partial charge < -0.3 is 24.0 Å². The highest BCUT2D eigenvalue weighted by Gasteiger charge is 2.47. The average molecular weight is 421 g/mol. The van der Waals surface area contributed by atoms with Crippen LogP contribution in [0.15, 0.2) is 53.3 Å². The van der Waals surface area contributed by atoms with Gasteiger partial charge in [0.05, 0.1) is 6.54 Å². The summed E-state index contributed by atoms with van der Waals surface area (Å²) in [6, 6.07) is 11.0. The minimum absolute atomic E-state index is 0.163. The summed E-state index contributed by atoms with van der Waals surface area (Å²) in [5, 5.41) is 6.76. The maximum Gasteiger partial charge on any atom is 0.276 e. The van der Waals surface area contributed by atoms with Gasteiger partial charge in [0.1, 0.15) is 17.2 Å². The lowest BCUT2D eigenvalue weighted by molar-refractivity contribution is -0.168. The van der Waals surface area contributed by atoms with Crippen molar-refractivity contribution in [2.24, 2.45) is 0 Å². The fourth-order valence-electron chi connectivity index (χ4n) is 4.32. The van der Waals surface area contributed by atoms with Gasteiger partial charge in [0.2, 0.25) is 0 Å². The number of aryl methyl sites for hydroxylation is 1. The summed E-state index contributed by atoms with van der Waals surface area (Å²) in [6.07, 6.45) is 4.04. The maximum atomic E-state index is 12.9. The van der Waals surface area contributed by atoms with Gasteiger partial charge in [-0.1, -0.05) is 23.4 Å². The Morgan fingerprint density at radius 2 is 1.97 bits per heavy atom. The van der Waals surface area contributed by atoms with Gasteiger partial charge in [0.25, 0.3) is 11.8 Å². The number of carbonyl (C=O) groups is 2. The molecule has 31 heavy (non-hydrogen) atoms. The lowest BCUT2D eigenvalue weighted by Crippen LogP contribution is -2.54. The Labute approximate surface area is 179 Å². The molecule has 3 aromatic rings. The number of imidazole rings is 1. The Hall–Kier alpha value is -3.46. The second-order valence-electron chi connectivity index (χ2n) is 7.97. The van der Waals surface area contributed by atoms with Crippen LogP contribution in [0.25, 0.3) is 0 Å². The number of nitrogens with zero attached hydrogens (tertiary/aromatic N) is 4. The summed E-state index contributed by atoms with van der Waals surface area (Å²) < 4.78 is 13.4. The van der Waals surface area contributed by atoms with E-state index < -0.39 is 11.7 Å². The number of nitrogens with one attached hydrogen (secondary N) is 1. The van der Waals surface area contributed by atoms with Crippen LogP contribution in [-0.2, 0) is 21.7 Å². The van der Waals surface area contributed by atoms with E-state index in [0.29, 0.717) is 43.9 Å². The van der Waals surface area contributed by atoms with E-state index in [1.54, 1.807) is 24.1 Å². The third-order valence-electron chi connectivity index (χ3n) is 5.89. The van der Waals surface area contributed by atoms with E-state index in [-0.39, 0.29) is 11.8 Å². The number of hydrogen-bond donors (Lipinski definition) is 1. The van der Waals surface area contributed by atoms with Gasteiger partial charge >= 0.3 is 0 Å². The van der Waals surface area contributed by atoms with Crippen LogP contribution in [0.1, 0.15) is 34.9 Å². The molecule has 1 saturated heterocycles. The van der Waals surface area contributed by atoms with Crippen molar-refractivity contribution < 1.29 is 18.8 Å². The molecule has 160 valence electrons. The van der Waals surface area contributed by atoms with E-state index in [0.717, 1.165) is 11.5 Å². The van der Waals surface area contributed by atoms with Crippen LogP contribution in [0.5, 0.6) is 0 Å². The summed E-state index contributed by atoms with van der Waals surface area (Å²) in [4.78, 5) is 31.9. The fourth-order valence-corrected chi connectivity index (χ4v) is 4.32. The van der Waals surface area contributed by atoms with Crippen molar-refractivity contribution in [2.75, 3.05) is 18.4 Å². The van der Waals surface area contributed by atoms with Crippen molar-refractivity contribution in [3.63, 3.8) is 0 Å². The van der Waals surface area contributed by atoms with E-state index in [1.807, 2.05) is 41.1 Å². The fraction of sp³-hybridized carbons (Fsp3) is 0.364. The summed E-state index contributed by atoms with van der Waals surface area (Å²) in [7, 11) is 0. The predicted molar refractivity (Wildman–Crippen MR) is 110 cm³/mol. The van der Waals surface area contributed by atoms with Crippen molar-refractivity contribution >= 4 is 17.5 Å². The third kappa shape index (κ3) is 3.61. The predicted octanol–water partition coefficient (Wildman–Crippen LogP) is 2.35. The molecule has 1 spiro atoms. The number of aromatic nitrogens is 3. The number of piperidine rings is 1. The molecule has 0 aliphatic carbocycles. The first-order valence-electron chi connectivity index (χ1n) is 10.3. The molecule has 4 heterocycles. The number of hydrogen-bond acceptors (Lipinski definition) is 6. The van der Waals surface area contributed by atoms with Gasteiger partial charge in [0.15, 0.2) is 11.8 Å². The molecule has 1 aromatic carbocycles. The van der Waals surface area contributed by atoms with E-state index in [1.165, 1.54) is 0 Å². The number of benzene rings is 1. The van der Waals surface area contributed by atoms with Gasteiger partial charge in [-0.25, -0.2) is 4.98 Å². The van der Waals surface area contributed by atoms with Crippen LogP contribution in [-0.4, -0.2) is 50.6 Å². The summed E-state index contributed by atoms with van der Waals surface area (Å²) >= 11 is 0. The molecular formula is C22H23N5O4. The molecule has 2 aromatic heterocycles. The molecule has 9 nitrogen and oxygen atoms in total. The SMILES string of the molecule is Cc1cc(C(=O)N2CCC3(CC2)O[C@@H](C(=O)Nc2ccccc2)Cn2ccnc23)no1. The quantitative estimate of drug-likeness (QED) is 0.696. The van der Waals surface area contributed by atoms with Crippen LogP contribution in [0.3, 0.4) is 0 Å². The molecule has 1 N–H and O–H groups in total. The molecule has 0 bridgehead atoms. The third-order valence-corrected chi connectivity index (χ3v) is 5.89. The van der Waals surface area contributed by atoms with Crippen LogP contribution in [0.2, 0.25) is 0 Å². The average Bonchev–Trinajstić information content (AvgIpc) is 3.44. The Bertz CT molecular complexity index is 1100. The van der Waals surface area contributed by atoms with Crippen molar-refractivity contribution in [1.82, 2.24) is 19.6 Å². The zero-order valence-electron chi connectivity index (χ0n) is 17.2. The topological polar surface area (TPSA) is 102 Å². The summed E-state index contributed by atoms with van der Waals surface area (Å²) in [5.74, 6) is 1.05. The highest BCUT2D eigenvalue weighted by molar-refractivity contribution is 5.94. The number of ether oxygens (including phenoxy) is 1. The van der Waals surface area contributed by atoms with E-state index in [4.69, 9.17) is 9.26 Å². The van der Waals surface area contributed by atoms with Crippen LogP contribution in [0, 0.1) is 6.92 Å². The summed E-state index contributed by atoms with van der Waals surface area (Å²) in [6.45, 7) is 3.11. The van der Waals surface area contributed by atoms with E-state index >= 15 is 0 Å². The maximum absolute atomic E-state index is 12.9. The minimum Gasteiger partial charge on any atom is -0.361 e. The molecule has 5 rings (SSSR count). The molecule has 0 unspecified atom stereocenters. The molecule has 1 fully saturated rings. The highest BCUT2D eigenvalue weighted by atomic mass is 16.5. The molecule has 1 atom stereocenters. The van der Waals surface area contributed by atoms with E-state index in [2.05, 4.69) is 15.5 Å². The zero-order valence-corrected chi connectivity index (χ0v) is 17.2. The monoisotopic (exact) mass is 421 g/mol. The number of para-hydroxylation sites is 1. The Morgan fingerprint density at radius 1 is 1.19 bits per heavy atom. The Balaban J connectivity index is 1.33. The van der Waals surface area contributed by atoms with Gasteiger partial charge in [-0.2, -0.15) is 0 Å². The molecular weight excluding hydrogens is 398 g/mol. The molecule has 0 saturated carbocycles. The zero-order chi connectivity index (χ0) is 21.4. The van der Waals surface area contributed by atoms with Gasteiger partial charge in [-0.15, -0.1) is 0 Å². The van der Waals surface area contributed by atoms with Gasteiger partial charge in [-0.3, -0.25) is 9.59 Å². The number of likely N-dealkylation sites (tertiary alicyclic amines) is 1. The largest absolute Gasteiger partial charge is 0.361 e. The first-order valence-corrected chi connectivity index (χ1v) is 10.3. The minimum atomic E-state index is -0.711.